The van der Waals surface area contributed by atoms with Crippen molar-refractivity contribution in [1.82, 2.24) is 19.2 Å². The third kappa shape index (κ3) is 2.49. The predicted octanol–water partition coefficient (Wildman–Crippen LogP) is 0.0407. The Labute approximate surface area is 132 Å². The molecule has 1 saturated heterocycles. The third-order valence-electron chi connectivity index (χ3n) is 4.43. The summed E-state index contributed by atoms with van der Waals surface area (Å²) in [5.74, 6) is 0.0919. The average molecular weight is 336 g/mol. The first-order valence-corrected chi connectivity index (χ1v) is 8.97. The molecule has 9 heteroatoms. The molecule has 4 rings (SSSR count). The number of aryl methyl sites for hydroxylation is 2. The van der Waals surface area contributed by atoms with Crippen molar-refractivity contribution in [1.29, 1.82) is 0 Å². The van der Waals surface area contributed by atoms with Crippen molar-refractivity contribution >= 4 is 10.0 Å². The molecule has 23 heavy (non-hydrogen) atoms. The maximum absolute atomic E-state index is 12.2. The van der Waals surface area contributed by atoms with Gasteiger partial charge in [-0.3, -0.25) is 4.79 Å². The van der Waals surface area contributed by atoms with Crippen LogP contribution in [0, 0.1) is 5.92 Å². The van der Waals surface area contributed by atoms with E-state index in [1.807, 2.05) is 0 Å². The lowest BCUT2D eigenvalue weighted by Crippen LogP contribution is -2.52. The summed E-state index contributed by atoms with van der Waals surface area (Å²) in [5.41, 5.74) is 1.94. The highest BCUT2D eigenvalue weighted by molar-refractivity contribution is 7.89. The molecule has 2 aromatic heterocycles. The van der Waals surface area contributed by atoms with Gasteiger partial charge in [-0.2, -0.15) is 9.40 Å². The van der Waals surface area contributed by atoms with E-state index in [2.05, 4.69) is 14.8 Å². The van der Waals surface area contributed by atoms with E-state index in [0.29, 0.717) is 19.6 Å². The highest BCUT2D eigenvalue weighted by atomic mass is 32.2. The zero-order valence-electron chi connectivity index (χ0n) is 12.4. The number of nitrogens with zero attached hydrogens (tertiary/aromatic N) is 4. The molecule has 8 nitrogen and oxygen atoms in total. The Morgan fingerprint density at radius 1 is 1.30 bits per heavy atom. The second kappa shape index (κ2) is 5.27. The maximum atomic E-state index is 12.2. The van der Waals surface area contributed by atoms with Crippen LogP contribution in [0.1, 0.15) is 17.7 Å². The van der Waals surface area contributed by atoms with Gasteiger partial charge in [-0.25, -0.2) is 13.1 Å². The van der Waals surface area contributed by atoms with Gasteiger partial charge in [0.25, 0.3) is 5.56 Å². The maximum Gasteiger partial charge on any atom is 0.267 e. The Kier molecular flexibility index (Phi) is 3.34. The minimum absolute atomic E-state index is 0.0590. The van der Waals surface area contributed by atoms with E-state index in [4.69, 9.17) is 0 Å². The van der Waals surface area contributed by atoms with E-state index in [-0.39, 0.29) is 16.4 Å². The Morgan fingerprint density at radius 3 is 2.87 bits per heavy atom. The molecule has 0 atom stereocenters. The van der Waals surface area contributed by atoms with Gasteiger partial charge in [0.15, 0.2) is 0 Å². The number of rotatable bonds is 4. The van der Waals surface area contributed by atoms with Gasteiger partial charge in [0.1, 0.15) is 11.2 Å². The zero-order valence-corrected chi connectivity index (χ0v) is 13.2. The summed E-state index contributed by atoms with van der Waals surface area (Å²) in [6.07, 6.45) is 5.19. The first-order chi connectivity index (χ1) is 11.0. The molecule has 2 aliphatic rings. The normalized spacial score (nSPS) is 18.8. The highest BCUT2D eigenvalue weighted by Gasteiger charge is 2.38. The first kappa shape index (κ1) is 14.6. The smallest absolute Gasteiger partial charge is 0.267 e. The molecule has 122 valence electrons. The molecule has 0 spiro atoms. The van der Waals surface area contributed by atoms with Crippen LogP contribution >= 0.6 is 0 Å². The van der Waals surface area contributed by atoms with Gasteiger partial charge >= 0.3 is 0 Å². The van der Waals surface area contributed by atoms with E-state index in [1.165, 1.54) is 15.2 Å². The first-order valence-electron chi connectivity index (χ1n) is 7.53. The summed E-state index contributed by atoms with van der Waals surface area (Å²) in [6, 6.07) is 1.67. The van der Waals surface area contributed by atoms with Gasteiger partial charge in [0.2, 0.25) is 10.0 Å². The third-order valence-corrected chi connectivity index (χ3v) is 6.20. The molecular weight excluding hydrogens is 320 g/mol. The fourth-order valence-electron chi connectivity index (χ4n) is 3.12. The van der Waals surface area contributed by atoms with Crippen LogP contribution in [0.3, 0.4) is 0 Å². The molecule has 0 saturated carbocycles. The van der Waals surface area contributed by atoms with Gasteiger partial charge in [0, 0.05) is 25.1 Å². The largest absolute Gasteiger partial charge is 0.363 e. The number of aromatic nitrogens is 3. The Hall–Kier alpha value is -2.00. The SMILES string of the molecule is O=c1cc2c(nn1CC1CN(S(=O)(=O)c3cnoc3)C1)CCC2. The van der Waals surface area contributed by atoms with Crippen molar-refractivity contribution in [3.63, 3.8) is 0 Å². The van der Waals surface area contributed by atoms with Crippen LogP contribution in [0.2, 0.25) is 0 Å². The molecule has 2 aromatic rings. The lowest BCUT2D eigenvalue weighted by Gasteiger charge is -2.37. The Morgan fingerprint density at radius 2 is 2.13 bits per heavy atom. The topological polar surface area (TPSA) is 98.3 Å². The fraction of sp³-hybridized carbons (Fsp3) is 0.500. The molecular formula is C14H16N4O4S. The molecule has 0 amide bonds. The number of hydrogen-bond acceptors (Lipinski definition) is 6. The van der Waals surface area contributed by atoms with Crippen molar-refractivity contribution < 1.29 is 12.9 Å². The molecule has 0 radical (unpaired) electrons. The van der Waals surface area contributed by atoms with Crippen LogP contribution in [0.5, 0.6) is 0 Å². The molecule has 1 aliphatic heterocycles. The molecule has 1 aliphatic carbocycles. The lowest BCUT2D eigenvalue weighted by molar-refractivity contribution is 0.172. The quantitative estimate of drug-likeness (QED) is 0.782. The van der Waals surface area contributed by atoms with Gasteiger partial charge in [-0.1, -0.05) is 5.16 Å². The van der Waals surface area contributed by atoms with Crippen LogP contribution in [0.25, 0.3) is 0 Å². The average Bonchev–Trinajstić information content (AvgIpc) is 3.12. The summed E-state index contributed by atoms with van der Waals surface area (Å²) >= 11 is 0. The van der Waals surface area contributed by atoms with Gasteiger partial charge in [0.05, 0.1) is 18.4 Å². The van der Waals surface area contributed by atoms with Crippen molar-refractivity contribution in [2.75, 3.05) is 13.1 Å². The summed E-state index contributed by atoms with van der Waals surface area (Å²) in [7, 11) is -3.53. The molecule has 0 N–H and O–H groups in total. The molecule has 0 bridgehead atoms. The Bertz CT molecular complexity index is 882. The summed E-state index contributed by atoms with van der Waals surface area (Å²) in [5, 5.41) is 7.85. The monoisotopic (exact) mass is 336 g/mol. The summed E-state index contributed by atoms with van der Waals surface area (Å²) in [6.45, 7) is 1.19. The molecule has 0 aromatic carbocycles. The van der Waals surface area contributed by atoms with E-state index in [1.54, 1.807) is 6.07 Å². The van der Waals surface area contributed by atoms with Crippen LogP contribution in [-0.4, -0.2) is 40.7 Å². The lowest BCUT2D eigenvalue weighted by atomic mass is 10.0. The van der Waals surface area contributed by atoms with Crippen molar-refractivity contribution in [2.24, 2.45) is 5.92 Å². The minimum Gasteiger partial charge on any atom is -0.363 e. The van der Waals surface area contributed by atoms with E-state index < -0.39 is 10.0 Å². The summed E-state index contributed by atoms with van der Waals surface area (Å²) < 4.78 is 31.9. The zero-order chi connectivity index (χ0) is 16.0. The number of fused-ring (bicyclic) bond motifs is 1. The van der Waals surface area contributed by atoms with E-state index >= 15 is 0 Å². The van der Waals surface area contributed by atoms with Crippen LogP contribution in [0.15, 0.2) is 32.7 Å². The highest BCUT2D eigenvalue weighted by Crippen LogP contribution is 2.25. The van der Waals surface area contributed by atoms with Crippen LogP contribution in [-0.2, 0) is 29.4 Å². The van der Waals surface area contributed by atoms with Crippen molar-refractivity contribution in [3.8, 4) is 0 Å². The van der Waals surface area contributed by atoms with Gasteiger partial charge in [-0.15, -0.1) is 0 Å². The van der Waals surface area contributed by atoms with E-state index in [9.17, 15) is 13.2 Å². The summed E-state index contributed by atoms with van der Waals surface area (Å²) in [4.78, 5) is 12.1. The predicted molar refractivity (Wildman–Crippen MR) is 79.3 cm³/mol. The fourth-order valence-corrected chi connectivity index (χ4v) is 4.57. The second-order valence-electron chi connectivity index (χ2n) is 6.04. The molecule has 0 unspecified atom stereocenters. The van der Waals surface area contributed by atoms with E-state index in [0.717, 1.165) is 36.8 Å². The van der Waals surface area contributed by atoms with Gasteiger partial charge in [-0.05, 0) is 24.8 Å². The van der Waals surface area contributed by atoms with Crippen LogP contribution < -0.4 is 5.56 Å². The molecule has 1 fully saturated rings. The van der Waals surface area contributed by atoms with Crippen molar-refractivity contribution in [3.05, 3.63) is 40.1 Å². The number of hydrogen-bond donors (Lipinski definition) is 0. The van der Waals surface area contributed by atoms with Crippen LogP contribution in [0.4, 0.5) is 0 Å². The van der Waals surface area contributed by atoms with Crippen molar-refractivity contribution in [2.45, 2.75) is 30.7 Å². The standard InChI is InChI=1S/C14H16N4O4S/c19-14-4-11-2-1-3-13(11)16-18(14)8-10-6-17(7-10)23(20,21)12-5-15-22-9-12/h4-5,9-10H,1-3,6-8H2. The van der Waals surface area contributed by atoms with Gasteiger partial charge < -0.3 is 4.52 Å². The second-order valence-corrected chi connectivity index (χ2v) is 7.98. The molecule has 3 heterocycles. The Balaban J connectivity index is 1.45. The number of sulfonamides is 1. The minimum atomic E-state index is -3.53.